The van der Waals surface area contributed by atoms with Gasteiger partial charge in [0.15, 0.2) is 0 Å². The molecule has 0 spiro atoms. The van der Waals surface area contributed by atoms with Crippen molar-refractivity contribution in [2.75, 3.05) is 6.54 Å². The van der Waals surface area contributed by atoms with Gasteiger partial charge in [-0.3, -0.25) is 19.9 Å². The van der Waals surface area contributed by atoms with E-state index >= 15 is 0 Å². The Morgan fingerprint density at radius 1 is 1.20 bits per heavy atom. The predicted octanol–water partition coefficient (Wildman–Crippen LogP) is 4.65. The van der Waals surface area contributed by atoms with E-state index in [4.69, 9.17) is 11.6 Å². The van der Waals surface area contributed by atoms with Gasteiger partial charge in [0.2, 0.25) is 5.91 Å². The Hall–Kier alpha value is -3.25. The SMILES string of the molecule is CC1=NC(C)=C(C(=O)NCC=Cc2ccccc2)C(c2cccc(Cl)c2)C1[N+](=O)[O-]. The lowest BCUT2D eigenvalue weighted by molar-refractivity contribution is -0.505. The number of rotatable bonds is 6. The first-order valence-electron chi connectivity index (χ1n) is 9.53. The second kappa shape index (κ2) is 9.50. The second-order valence-electron chi connectivity index (χ2n) is 7.04. The molecule has 6 nitrogen and oxygen atoms in total. The van der Waals surface area contributed by atoms with Crippen LogP contribution in [0.3, 0.4) is 0 Å². The van der Waals surface area contributed by atoms with E-state index in [1.54, 1.807) is 38.1 Å². The Morgan fingerprint density at radius 2 is 1.93 bits per heavy atom. The van der Waals surface area contributed by atoms with Crippen LogP contribution in [0.1, 0.15) is 30.9 Å². The van der Waals surface area contributed by atoms with Crippen LogP contribution < -0.4 is 5.32 Å². The van der Waals surface area contributed by atoms with Crippen molar-refractivity contribution in [3.8, 4) is 0 Å². The molecule has 0 bridgehead atoms. The predicted molar refractivity (Wildman–Crippen MR) is 119 cm³/mol. The lowest BCUT2D eigenvalue weighted by Gasteiger charge is -2.28. The summed E-state index contributed by atoms with van der Waals surface area (Å²) in [4.78, 5) is 28.8. The van der Waals surface area contributed by atoms with Gasteiger partial charge in [-0.25, -0.2) is 0 Å². The molecule has 0 aliphatic carbocycles. The highest BCUT2D eigenvalue weighted by Crippen LogP contribution is 2.37. The number of hydrogen-bond acceptors (Lipinski definition) is 4. The third kappa shape index (κ3) is 4.83. The number of amides is 1. The Morgan fingerprint density at radius 3 is 2.60 bits per heavy atom. The third-order valence-electron chi connectivity index (χ3n) is 4.96. The lowest BCUT2D eigenvalue weighted by atomic mass is 9.80. The van der Waals surface area contributed by atoms with Crippen LogP contribution in [0.5, 0.6) is 0 Å². The second-order valence-corrected chi connectivity index (χ2v) is 7.47. The fourth-order valence-corrected chi connectivity index (χ4v) is 3.85. The fraction of sp³-hybridized carbons (Fsp3) is 0.217. The number of allylic oxidation sites excluding steroid dienone is 1. The molecule has 1 N–H and O–H groups in total. The number of nitrogens with one attached hydrogen (secondary N) is 1. The minimum Gasteiger partial charge on any atom is -0.349 e. The molecule has 1 aliphatic heterocycles. The summed E-state index contributed by atoms with van der Waals surface area (Å²) in [6, 6.07) is 15.4. The van der Waals surface area contributed by atoms with E-state index in [0.717, 1.165) is 5.56 Å². The number of nitrogens with zero attached hydrogens (tertiary/aromatic N) is 2. The van der Waals surface area contributed by atoms with Gasteiger partial charge in [-0.2, -0.15) is 0 Å². The van der Waals surface area contributed by atoms with Crippen molar-refractivity contribution in [2.45, 2.75) is 25.8 Å². The van der Waals surface area contributed by atoms with E-state index in [1.165, 1.54) is 0 Å². The molecule has 1 amide bonds. The number of hydrogen-bond donors (Lipinski definition) is 1. The average Bonchev–Trinajstić information content (AvgIpc) is 2.71. The molecular formula is C23H22ClN3O3. The van der Waals surface area contributed by atoms with Crippen molar-refractivity contribution >= 4 is 29.3 Å². The molecule has 2 aromatic carbocycles. The smallest absolute Gasteiger partial charge is 0.261 e. The van der Waals surface area contributed by atoms with Crippen LogP contribution in [0.15, 0.2) is 76.9 Å². The number of carbonyl (C=O) groups excluding carboxylic acids is 1. The first kappa shape index (κ1) is 21.5. The molecule has 0 fully saturated rings. The highest BCUT2D eigenvalue weighted by molar-refractivity contribution is 6.30. The summed E-state index contributed by atoms with van der Waals surface area (Å²) in [6.45, 7) is 3.61. The van der Waals surface area contributed by atoms with Crippen LogP contribution in [-0.2, 0) is 4.79 Å². The maximum Gasteiger partial charge on any atom is 0.261 e. The minimum absolute atomic E-state index is 0.290. The Balaban J connectivity index is 1.88. The molecule has 1 heterocycles. The molecule has 1 aliphatic rings. The van der Waals surface area contributed by atoms with Crippen molar-refractivity contribution in [1.29, 1.82) is 0 Å². The van der Waals surface area contributed by atoms with Crippen molar-refractivity contribution in [1.82, 2.24) is 5.32 Å². The fourth-order valence-electron chi connectivity index (χ4n) is 3.65. The molecule has 2 aromatic rings. The zero-order valence-electron chi connectivity index (χ0n) is 16.7. The van der Waals surface area contributed by atoms with Gasteiger partial charge in [0.1, 0.15) is 0 Å². The monoisotopic (exact) mass is 423 g/mol. The number of nitro groups is 1. The summed E-state index contributed by atoms with van der Waals surface area (Å²) in [5, 5.41) is 15.1. The Kier molecular flexibility index (Phi) is 6.79. The maximum atomic E-state index is 13.0. The van der Waals surface area contributed by atoms with Crippen LogP contribution in [0.25, 0.3) is 6.08 Å². The van der Waals surface area contributed by atoms with Gasteiger partial charge in [0.05, 0.1) is 17.2 Å². The van der Waals surface area contributed by atoms with Crippen LogP contribution in [0.4, 0.5) is 0 Å². The van der Waals surface area contributed by atoms with E-state index in [-0.39, 0.29) is 16.4 Å². The summed E-state index contributed by atoms with van der Waals surface area (Å²) in [7, 11) is 0. The quantitative estimate of drug-likeness (QED) is 0.542. The lowest BCUT2D eigenvalue weighted by Crippen LogP contribution is -2.42. The van der Waals surface area contributed by atoms with E-state index in [9.17, 15) is 14.9 Å². The summed E-state index contributed by atoms with van der Waals surface area (Å²) in [6.07, 6.45) is 3.73. The summed E-state index contributed by atoms with van der Waals surface area (Å²) >= 11 is 6.13. The molecule has 2 unspecified atom stereocenters. The van der Waals surface area contributed by atoms with E-state index < -0.39 is 12.0 Å². The molecular weight excluding hydrogens is 402 g/mol. The van der Waals surface area contributed by atoms with Crippen LogP contribution in [0, 0.1) is 10.1 Å². The zero-order valence-corrected chi connectivity index (χ0v) is 17.5. The van der Waals surface area contributed by atoms with Crippen molar-refractivity contribution in [3.63, 3.8) is 0 Å². The molecule has 3 rings (SSSR count). The summed E-state index contributed by atoms with van der Waals surface area (Å²) in [5.74, 6) is -1.15. The maximum absolute atomic E-state index is 13.0. The molecule has 2 atom stereocenters. The van der Waals surface area contributed by atoms with Crippen molar-refractivity contribution < 1.29 is 9.72 Å². The average molecular weight is 424 g/mol. The number of halogens is 1. The van der Waals surface area contributed by atoms with Gasteiger partial charge < -0.3 is 5.32 Å². The minimum atomic E-state index is -1.13. The highest BCUT2D eigenvalue weighted by atomic mass is 35.5. The van der Waals surface area contributed by atoms with Crippen molar-refractivity contribution in [3.05, 3.63) is 98.2 Å². The highest BCUT2D eigenvalue weighted by Gasteiger charge is 2.44. The van der Waals surface area contributed by atoms with Gasteiger partial charge in [0, 0.05) is 22.2 Å². The number of carbonyl (C=O) groups is 1. The molecule has 7 heteroatoms. The van der Waals surface area contributed by atoms with Crippen molar-refractivity contribution in [2.24, 2.45) is 4.99 Å². The van der Waals surface area contributed by atoms with Crippen LogP contribution in [0.2, 0.25) is 5.02 Å². The molecule has 0 aromatic heterocycles. The Bertz CT molecular complexity index is 1040. The van der Waals surface area contributed by atoms with Crippen LogP contribution in [-0.4, -0.2) is 29.1 Å². The van der Waals surface area contributed by atoms with Gasteiger partial charge in [-0.1, -0.05) is 66.2 Å². The van der Waals surface area contributed by atoms with Gasteiger partial charge >= 0.3 is 0 Å². The first-order valence-corrected chi connectivity index (χ1v) is 9.91. The van der Waals surface area contributed by atoms with Gasteiger partial charge in [-0.15, -0.1) is 0 Å². The summed E-state index contributed by atoms with van der Waals surface area (Å²) < 4.78 is 0. The standard InChI is InChI=1S/C23H22ClN3O3/c1-15-20(23(28)25-13-7-10-17-8-4-3-5-9-17)21(18-11-6-12-19(24)14-18)22(27(29)30)16(2)26-15/h3-12,14,21-22H,13H2,1-2H3,(H,25,28). The summed E-state index contributed by atoms with van der Waals surface area (Å²) in [5.41, 5.74) is 2.76. The largest absolute Gasteiger partial charge is 0.349 e. The van der Waals surface area contributed by atoms with Crippen LogP contribution >= 0.6 is 11.6 Å². The topological polar surface area (TPSA) is 84.6 Å². The zero-order chi connectivity index (χ0) is 21.7. The van der Waals surface area contributed by atoms with Gasteiger partial charge in [-0.05, 0) is 37.1 Å². The van der Waals surface area contributed by atoms with E-state index in [2.05, 4.69) is 10.3 Å². The first-order chi connectivity index (χ1) is 14.4. The van der Waals surface area contributed by atoms with E-state index in [0.29, 0.717) is 28.5 Å². The molecule has 0 saturated heterocycles. The third-order valence-corrected chi connectivity index (χ3v) is 5.19. The van der Waals surface area contributed by atoms with E-state index in [1.807, 2.05) is 42.5 Å². The Labute approximate surface area is 180 Å². The molecule has 154 valence electrons. The number of aliphatic imine (C=N–C) groups is 1. The van der Waals surface area contributed by atoms with Gasteiger partial charge in [0.25, 0.3) is 6.04 Å². The normalized spacial score (nSPS) is 19.0. The molecule has 30 heavy (non-hydrogen) atoms. The number of benzene rings is 2. The molecule has 0 saturated carbocycles. The molecule has 0 radical (unpaired) electrons.